The molecule has 0 saturated carbocycles. The van der Waals surface area contributed by atoms with Crippen molar-refractivity contribution in [2.45, 2.75) is 5.41 Å². The van der Waals surface area contributed by atoms with Crippen molar-refractivity contribution in [2.75, 3.05) is 0 Å². The molecule has 12 aromatic rings. The van der Waals surface area contributed by atoms with E-state index in [1.165, 1.54) is 27.8 Å². The van der Waals surface area contributed by atoms with E-state index in [2.05, 4.69) is 121 Å². The molecule has 0 amide bonds. The van der Waals surface area contributed by atoms with Crippen LogP contribution < -0.4 is 0 Å². The van der Waals surface area contributed by atoms with Crippen molar-refractivity contribution in [3.05, 3.63) is 241 Å². The zero-order valence-corrected chi connectivity index (χ0v) is 34.9. The lowest BCUT2D eigenvalue weighted by atomic mass is 9.67. The summed E-state index contributed by atoms with van der Waals surface area (Å²) in [4.78, 5) is 19.7. The smallest absolute Gasteiger partial charge is 0.227 e. The SMILES string of the molecule is c1ccc(-c2nc(-c3ccccc3)nc(-c3ccc4c(c3)oc3cc(-c5ccc(C6(c7ccc8nc(-c9ccccc9)oc8c7)c7ccccc7-c7ccccc76)cc5)ccc34)n2)cc1. The zero-order chi connectivity index (χ0) is 42.9. The quantitative estimate of drug-likeness (QED) is 0.159. The number of hydrogen-bond acceptors (Lipinski definition) is 6. The van der Waals surface area contributed by atoms with Crippen LogP contribution in [-0.2, 0) is 5.41 Å². The number of oxazole rings is 1. The lowest BCUT2D eigenvalue weighted by Gasteiger charge is -2.34. The highest BCUT2D eigenvalue weighted by molar-refractivity contribution is 6.07. The highest BCUT2D eigenvalue weighted by Gasteiger charge is 2.46. The Bertz CT molecular complexity index is 3660. The van der Waals surface area contributed by atoms with Crippen molar-refractivity contribution in [3.63, 3.8) is 0 Å². The van der Waals surface area contributed by atoms with Gasteiger partial charge in [0.1, 0.15) is 16.7 Å². The van der Waals surface area contributed by atoms with Crippen LogP contribution in [0, 0.1) is 0 Å². The Balaban J connectivity index is 0.894. The molecular weight excluding hydrogens is 797 g/mol. The molecule has 13 rings (SSSR count). The minimum absolute atomic E-state index is 0.587. The second-order valence-electron chi connectivity index (χ2n) is 16.5. The summed E-state index contributed by atoms with van der Waals surface area (Å²) in [7, 11) is 0. The van der Waals surface area contributed by atoms with Crippen LogP contribution in [0.1, 0.15) is 22.3 Å². The predicted octanol–water partition coefficient (Wildman–Crippen LogP) is 14.6. The molecule has 3 heterocycles. The summed E-state index contributed by atoms with van der Waals surface area (Å²) in [5.41, 5.74) is 15.6. The molecule has 1 aliphatic carbocycles. The van der Waals surface area contributed by atoms with Crippen LogP contribution in [0.25, 0.3) is 101 Å². The fourth-order valence-electron chi connectivity index (χ4n) is 9.83. The number of fused-ring (bicyclic) bond motifs is 7. The fourth-order valence-corrected chi connectivity index (χ4v) is 9.83. The summed E-state index contributed by atoms with van der Waals surface area (Å²) in [6, 6.07) is 76.0. The summed E-state index contributed by atoms with van der Waals surface area (Å²) in [5, 5.41) is 2.08. The molecule has 6 nitrogen and oxygen atoms in total. The monoisotopic (exact) mass is 832 g/mol. The largest absolute Gasteiger partial charge is 0.456 e. The van der Waals surface area contributed by atoms with Gasteiger partial charge in [0.15, 0.2) is 23.1 Å². The molecule has 0 fully saturated rings. The van der Waals surface area contributed by atoms with Crippen molar-refractivity contribution in [2.24, 2.45) is 0 Å². The van der Waals surface area contributed by atoms with Crippen molar-refractivity contribution >= 4 is 33.0 Å². The third kappa shape index (κ3) is 5.95. The Morgan fingerprint density at radius 1 is 0.308 bits per heavy atom. The topological polar surface area (TPSA) is 77.8 Å². The lowest BCUT2D eigenvalue weighted by molar-refractivity contribution is 0.618. The van der Waals surface area contributed by atoms with Crippen molar-refractivity contribution in [1.82, 2.24) is 19.9 Å². The highest BCUT2D eigenvalue weighted by atomic mass is 16.3. The first-order chi connectivity index (χ1) is 32.2. The maximum absolute atomic E-state index is 6.64. The molecule has 0 saturated heterocycles. The van der Waals surface area contributed by atoms with Crippen LogP contribution in [0.4, 0.5) is 0 Å². The van der Waals surface area contributed by atoms with Gasteiger partial charge in [-0.2, -0.15) is 0 Å². The predicted molar refractivity (Wildman–Crippen MR) is 259 cm³/mol. The Kier molecular flexibility index (Phi) is 8.33. The number of nitrogens with zero attached hydrogens (tertiary/aromatic N) is 4. The molecule has 0 N–H and O–H groups in total. The van der Waals surface area contributed by atoms with E-state index >= 15 is 0 Å². The van der Waals surface area contributed by atoms with Gasteiger partial charge in [-0.15, -0.1) is 0 Å². The zero-order valence-electron chi connectivity index (χ0n) is 34.9. The molecule has 65 heavy (non-hydrogen) atoms. The second kappa shape index (κ2) is 14.7. The van der Waals surface area contributed by atoms with Crippen LogP contribution >= 0.6 is 0 Å². The Morgan fingerprint density at radius 2 is 0.785 bits per heavy atom. The van der Waals surface area contributed by atoms with E-state index < -0.39 is 5.41 Å². The minimum atomic E-state index is -0.595. The van der Waals surface area contributed by atoms with Gasteiger partial charge in [-0.25, -0.2) is 19.9 Å². The second-order valence-corrected chi connectivity index (χ2v) is 16.5. The molecule has 6 heteroatoms. The van der Waals surface area contributed by atoms with E-state index in [0.717, 1.165) is 72.0 Å². The maximum Gasteiger partial charge on any atom is 0.227 e. The highest BCUT2D eigenvalue weighted by Crippen LogP contribution is 2.56. The fraction of sp³-hybridized carbons (Fsp3) is 0.0169. The van der Waals surface area contributed by atoms with E-state index in [9.17, 15) is 0 Å². The number of hydrogen-bond donors (Lipinski definition) is 0. The van der Waals surface area contributed by atoms with Crippen LogP contribution in [0.15, 0.2) is 227 Å². The first-order valence-electron chi connectivity index (χ1n) is 21.8. The van der Waals surface area contributed by atoms with Gasteiger partial charge < -0.3 is 8.83 Å². The third-order valence-corrected chi connectivity index (χ3v) is 12.9. The average Bonchev–Trinajstić information content (AvgIpc) is 4.07. The third-order valence-electron chi connectivity index (χ3n) is 12.9. The Morgan fingerprint density at radius 3 is 1.38 bits per heavy atom. The number of aromatic nitrogens is 4. The number of rotatable bonds is 7. The number of benzene rings is 9. The maximum atomic E-state index is 6.64. The summed E-state index contributed by atoms with van der Waals surface area (Å²) in [5.74, 6) is 2.44. The van der Waals surface area contributed by atoms with Gasteiger partial charge in [0, 0.05) is 33.0 Å². The molecule has 0 aliphatic heterocycles. The van der Waals surface area contributed by atoms with E-state index in [1.807, 2.05) is 97.1 Å². The van der Waals surface area contributed by atoms with Gasteiger partial charge in [0.25, 0.3) is 0 Å². The van der Waals surface area contributed by atoms with Gasteiger partial charge in [0.05, 0.1) is 5.41 Å². The van der Waals surface area contributed by atoms with Crippen molar-refractivity contribution in [1.29, 1.82) is 0 Å². The molecule has 0 atom stereocenters. The molecule has 3 aromatic heterocycles. The normalized spacial score (nSPS) is 12.7. The lowest BCUT2D eigenvalue weighted by Crippen LogP contribution is -2.28. The molecule has 0 unspecified atom stereocenters. The Labute approximate surface area is 374 Å². The molecular formula is C59H36N4O2. The van der Waals surface area contributed by atoms with Gasteiger partial charge in [-0.05, 0) is 93.0 Å². The molecule has 9 aromatic carbocycles. The summed E-state index contributed by atoms with van der Waals surface area (Å²) in [6.45, 7) is 0. The Hall–Kier alpha value is -8.74. The summed E-state index contributed by atoms with van der Waals surface area (Å²) < 4.78 is 13.1. The van der Waals surface area contributed by atoms with Gasteiger partial charge in [0.2, 0.25) is 5.89 Å². The van der Waals surface area contributed by atoms with E-state index in [1.54, 1.807) is 0 Å². The van der Waals surface area contributed by atoms with Crippen molar-refractivity contribution in [3.8, 4) is 67.9 Å². The van der Waals surface area contributed by atoms with E-state index in [0.29, 0.717) is 23.4 Å². The minimum Gasteiger partial charge on any atom is -0.456 e. The van der Waals surface area contributed by atoms with Crippen LogP contribution in [0.2, 0.25) is 0 Å². The first kappa shape index (κ1) is 36.9. The van der Waals surface area contributed by atoms with Crippen LogP contribution in [0.5, 0.6) is 0 Å². The van der Waals surface area contributed by atoms with Crippen LogP contribution in [0.3, 0.4) is 0 Å². The van der Waals surface area contributed by atoms with Gasteiger partial charge in [-0.1, -0.05) is 170 Å². The van der Waals surface area contributed by atoms with E-state index in [4.69, 9.17) is 28.8 Å². The van der Waals surface area contributed by atoms with Gasteiger partial charge >= 0.3 is 0 Å². The summed E-state index contributed by atoms with van der Waals surface area (Å²) in [6.07, 6.45) is 0. The number of furan rings is 1. The van der Waals surface area contributed by atoms with Crippen molar-refractivity contribution < 1.29 is 8.83 Å². The molecule has 1 aliphatic rings. The average molecular weight is 833 g/mol. The molecule has 304 valence electrons. The van der Waals surface area contributed by atoms with Crippen LogP contribution in [-0.4, -0.2) is 19.9 Å². The summed E-state index contributed by atoms with van der Waals surface area (Å²) >= 11 is 0. The van der Waals surface area contributed by atoms with E-state index in [-0.39, 0.29) is 0 Å². The van der Waals surface area contributed by atoms with Gasteiger partial charge in [-0.3, -0.25) is 0 Å². The molecule has 0 spiro atoms. The molecule has 0 bridgehead atoms. The first-order valence-corrected chi connectivity index (χ1v) is 21.8. The standard InChI is InChI=1S/C59H36N4O2/c1-4-14-38(15-5-1)55-61-56(39-16-6-2-7-17-39)63-57(62-55)42-27-32-48-47-31-26-41(34-52(47)64-53(48)35-42)37-24-28-43(29-25-37)59(49-22-12-10-20-45(49)46-21-11-13-23-50(46)59)44-30-33-51-54(36-44)65-58(60-51)40-18-8-3-9-19-40/h1-36H. The molecule has 0 radical (unpaired) electrons.